The number of carbonyl (C=O) groups excluding carboxylic acids is 2. The normalized spacial score (nSPS) is 20.5. The van der Waals surface area contributed by atoms with Crippen LogP contribution in [0.25, 0.3) is 0 Å². The maximum Gasteiger partial charge on any atom is 0.325 e. The molecule has 0 radical (unpaired) electrons. The van der Waals surface area contributed by atoms with Crippen LogP contribution in [0.2, 0.25) is 0 Å². The van der Waals surface area contributed by atoms with Gasteiger partial charge in [-0.05, 0) is 36.8 Å². The summed E-state index contributed by atoms with van der Waals surface area (Å²) >= 11 is 0. The Labute approximate surface area is 174 Å². The average Bonchev–Trinajstić information content (AvgIpc) is 2.92. The van der Waals surface area contributed by atoms with Gasteiger partial charge in [0.15, 0.2) is 23.0 Å². The molecule has 2 aliphatic heterocycles. The van der Waals surface area contributed by atoms with Gasteiger partial charge in [0.1, 0.15) is 12.1 Å². The van der Waals surface area contributed by atoms with E-state index in [9.17, 15) is 9.59 Å². The third-order valence-corrected chi connectivity index (χ3v) is 5.24. The van der Waals surface area contributed by atoms with Gasteiger partial charge < -0.3 is 24.3 Å². The van der Waals surface area contributed by atoms with E-state index in [1.54, 1.807) is 44.4 Å². The Morgan fingerprint density at radius 2 is 1.80 bits per heavy atom. The van der Waals surface area contributed by atoms with Gasteiger partial charge in [0.25, 0.3) is 5.91 Å². The number of benzene rings is 2. The Kier molecular flexibility index (Phi) is 5.39. The maximum absolute atomic E-state index is 13.1. The van der Waals surface area contributed by atoms with Crippen LogP contribution in [0.1, 0.15) is 18.9 Å². The first-order chi connectivity index (χ1) is 14.5. The van der Waals surface area contributed by atoms with Gasteiger partial charge in [-0.25, -0.2) is 4.79 Å². The van der Waals surface area contributed by atoms with Crippen LogP contribution in [0.15, 0.2) is 42.5 Å². The monoisotopic (exact) mass is 412 g/mol. The van der Waals surface area contributed by atoms with Crippen LogP contribution in [-0.2, 0) is 10.3 Å². The van der Waals surface area contributed by atoms with Gasteiger partial charge in [-0.1, -0.05) is 18.2 Å². The zero-order valence-corrected chi connectivity index (χ0v) is 17.0. The van der Waals surface area contributed by atoms with Crippen LogP contribution in [-0.4, -0.2) is 50.3 Å². The third-order valence-electron chi connectivity index (χ3n) is 5.24. The molecular weight excluding hydrogens is 388 g/mol. The van der Waals surface area contributed by atoms with Crippen molar-refractivity contribution >= 4 is 11.9 Å². The maximum atomic E-state index is 13.1. The smallest absolute Gasteiger partial charge is 0.325 e. The molecule has 1 fully saturated rings. The van der Waals surface area contributed by atoms with Crippen LogP contribution < -0.4 is 24.3 Å². The molecule has 2 heterocycles. The zero-order valence-electron chi connectivity index (χ0n) is 17.0. The predicted octanol–water partition coefficient (Wildman–Crippen LogP) is 2.70. The molecule has 2 aliphatic rings. The summed E-state index contributed by atoms with van der Waals surface area (Å²) in [6, 6.07) is 12.1. The quantitative estimate of drug-likeness (QED) is 0.735. The molecule has 0 aromatic heterocycles. The molecule has 30 heavy (non-hydrogen) atoms. The molecule has 158 valence electrons. The summed E-state index contributed by atoms with van der Waals surface area (Å²) in [5, 5.41) is 2.80. The number of hydrogen-bond donors (Lipinski definition) is 1. The van der Waals surface area contributed by atoms with E-state index in [1.165, 1.54) is 4.90 Å². The molecule has 8 nitrogen and oxygen atoms in total. The molecule has 4 rings (SSSR count). The Balaban J connectivity index is 1.47. The number of methoxy groups -OCH3 is 1. The molecule has 0 spiro atoms. The van der Waals surface area contributed by atoms with Crippen molar-refractivity contribution in [2.24, 2.45) is 0 Å². The van der Waals surface area contributed by atoms with E-state index in [2.05, 4.69) is 5.32 Å². The summed E-state index contributed by atoms with van der Waals surface area (Å²) < 4.78 is 22.3. The highest BCUT2D eigenvalue weighted by atomic mass is 16.5. The summed E-state index contributed by atoms with van der Waals surface area (Å²) in [7, 11) is 1.56. The molecule has 1 saturated heterocycles. The van der Waals surface area contributed by atoms with Gasteiger partial charge in [-0.3, -0.25) is 9.69 Å². The summed E-state index contributed by atoms with van der Waals surface area (Å²) in [5.41, 5.74) is -0.551. The molecule has 0 aliphatic carbocycles. The van der Waals surface area contributed by atoms with Crippen molar-refractivity contribution in [2.45, 2.75) is 18.9 Å². The van der Waals surface area contributed by atoms with Crippen LogP contribution >= 0.6 is 0 Å². The van der Waals surface area contributed by atoms with Crippen molar-refractivity contribution in [3.63, 3.8) is 0 Å². The van der Waals surface area contributed by atoms with Gasteiger partial charge in [-0.2, -0.15) is 0 Å². The minimum atomic E-state index is -1.19. The largest absolute Gasteiger partial charge is 0.493 e. The number of hydrogen-bond acceptors (Lipinski definition) is 6. The number of imide groups is 1. The van der Waals surface area contributed by atoms with Gasteiger partial charge in [-0.15, -0.1) is 0 Å². The predicted molar refractivity (Wildman–Crippen MR) is 108 cm³/mol. The number of para-hydroxylation sites is 2. The lowest BCUT2D eigenvalue weighted by molar-refractivity contribution is -0.131. The van der Waals surface area contributed by atoms with Crippen LogP contribution in [0.4, 0.5) is 4.79 Å². The number of amides is 3. The number of rotatable bonds is 6. The lowest BCUT2D eigenvalue weighted by atomic mass is 9.91. The number of nitrogens with one attached hydrogen (secondary N) is 1. The van der Waals surface area contributed by atoms with E-state index in [4.69, 9.17) is 18.9 Å². The standard InChI is InChI=1S/C22H24N2O6/c1-22(15-8-9-18-19(14-15)29-12-5-11-28-18)20(25)24(21(26)23-22)10-13-30-17-7-4-3-6-16(17)27-2/h3-4,6-9,14H,5,10-13H2,1-2H3,(H,23,26). The number of carbonyl (C=O) groups is 2. The van der Waals surface area contributed by atoms with Gasteiger partial charge in [0.05, 0.1) is 26.9 Å². The first kappa shape index (κ1) is 19.9. The first-order valence-corrected chi connectivity index (χ1v) is 9.83. The molecule has 0 bridgehead atoms. The SMILES string of the molecule is COc1ccccc1OCCN1C(=O)NC(C)(c2ccc3c(c2)OCCCO3)C1=O. The first-order valence-electron chi connectivity index (χ1n) is 9.83. The van der Waals surface area contributed by atoms with Crippen LogP contribution in [0, 0.1) is 0 Å². The highest BCUT2D eigenvalue weighted by Gasteiger charge is 2.49. The van der Waals surface area contributed by atoms with E-state index in [-0.39, 0.29) is 19.1 Å². The third kappa shape index (κ3) is 3.60. The Hall–Kier alpha value is -3.42. The van der Waals surface area contributed by atoms with Crippen molar-refractivity contribution in [3.8, 4) is 23.0 Å². The van der Waals surface area contributed by atoms with Gasteiger partial charge >= 0.3 is 6.03 Å². The van der Waals surface area contributed by atoms with Crippen molar-refractivity contribution in [2.75, 3.05) is 33.5 Å². The molecule has 1 N–H and O–H groups in total. The van der Waals surface area contributed by atoms with E-state index in [0.717, 1.165) is 6.42 Å². The number of fused-ring (bicyclic) bond motifs is 1. The number of ether oxygens (including phenoxy) is 4. The Morgan fingerprint density at radius 1 is 1.07 bits per heavy atom. The summed E-state index contributed by atoms with van der Waals surface area (Å²) in [5.74, 6) is 2.01. The van der Waals surface area contributed by atoms with E-state index in [1.807, 2.05) is 12.1 Å². The highest BCUT2D eigenvalue weighted by Crippen LogP contribution is 2.36. The van der Waals surface area contributed by atoms with E-state index >= 15 is 0 Å². The fourth-order valence-electron chi connectivity index (χ4n) is 3.55. The zero-order chi connectivity index (χ0) is 21.1. The summed E-state index contributed by atoms with van der Waals surface area (Å²) in [4.78, 5) is 26.8. The van der Waals surface area contributed by atoms with Crippen LogP contribution in [0.5, 0.6) is 23.0 Å². The fraction of sp³-hybridized carbons (Fsp3) is 0.364. The molecule has 2 aromatic carbocycles. The summed E-state index contributed by atoms with van der Waals surface area (Å²) in [6.45, 7) is 3.08. The molecule has 2 aromatic rings. The van der Waals surface area contributed by atoms with Crippen molar-refractivity contribution in [1.29, 1.82) is 0 Å². The number of urea groups is 1. The Bertz CT molecular complexity index is 962. The molecule has 1 unspecified atom stereocenters. The second-order valence-electron chi connectivity index (χ2n) is 7.22. The lowest BCUT2D eigenvalue weighted by Gasteiger charge is -2.23. The fourth-order valence-corrected chi connectivity index (χ4v) is 3.55. The molecule has 8 heteroatoms. The lowest BCUT2D eigenvalue weighted by Crippen LogP contribution is -2.41. The minimum Gasteiger partial charge on any atom is -0.493 e. The minimum absolute atomic E-state index is 0.114. The molecule has 1 atom stereocenters. The second-order valence-corrected chi connectivity index (χ2v) is 7.22. The van der Waals surface area contributed by atoms with Crippen LogP contribution in [0.3, 0.4) is 0 Å². The highest BCUT2D eigenvalue weighted by molar-refractivity contribution is 6.07. The average molecular weight is 412 g/mol. The van der Waals surface area contributed by atoms with Crippen molar-refractivity contribution in [1.82, 2.24) is 10.2 Å². The van der Waals surface area contributed by atoms with Gasteiger partial charge in [0, 0.05) is 6.42 Å². The van der Waals surface area contributed by atoms with Gasteiger partial charge in [0.2, 0.25) is 0 Å². The molecular formula is C22H24N2O6. The topological polar surface area (TPSA) is 86.3 Å². The number of nitrogens with zero attached hydrogens (tertiary/aromatic N) is 1. The van der Waals surface area contributed by atoms with Crippen molar-refractivity contribution < 1.29 is 28.5 Å². The molecule has 0 saturated carbocycles. The second kappa shape index (κ2) is 8.14. The van der Waals surface area contributed by atoms with E-state index in [0.29, 0.717) is 41.8 Å². The Morgan fingerprint density at radius 3 is 2.57 bits per heavy atom. The van der Waals surface area contributed by atoms with Crippen molar-refractivity contribution in [3.05, 3.63) is 48.0 Å². The molecule has 3 amide bonds. The van der Waals surface area contributed by atoms with E-state index < -0.39 is 11.6 Å². The summed E-state index contributed by atoms with van der Waals surface area (Å²) in [6.07, 6.45) is 0.789.